The summed E-state index contributed by atoms with van der Waals surface area (Å²) in [5.41, 5.74) is 12.7. The van der Waals surface area contributed by atoms with Crippen LogP contribution in [-0.2, 0) is 0 Å². The minimum Gasteiger partial charge on any atom is -0.494 e. The Morgan fingerprint density at radius 1 is 1.05 bits per heavy atom. The van der Waals surface area contributed by atoms with Crippen LogP contribution >= 0.6 is 0 Å². The summed E-state index contributed by atoms with van der Waals surface area (Å²) in [7, 11) is 0. The molecule has 114 valence electrons. The lowest BCUT2D eigenvalue weighted by Gasteiger charge is -2.21. The highest BCUT2D eigenvalue weighted by Gasteiger charge is 2.17. The summed E-state index contributed by atoms with van der Waals surface area (Å²) in [5, 5.41) is 0. The maximum atomic E-state index is 5.75. The summed E-state index contributed by atoms with van der Waals surface area (Å²) in [6.07, 6.45) is 0.961. The Kier molecular flexibility index (Phi) is 7.41. The lowest BCUT2D eigenvalue weighted by Crippen LogP contribution is -2.24. The molecule has 20 heavy (non-hydrogen) atoms. The zero-order valence-corrected chi connectivity index (χ0v) is 12.9. The van der Waals surface area contributed by atoms with Gasteiger partial charge in [0.25, 0.3) is 0 Å². The van der Waals surface area contributed by atoms with Gasteiger partial charge in [0.15, 0.2) is 0 Å². The van der Waals surface area contributed by atoms with E-state index in [9.17, 15) is 0 Å². The second-order valence-corrected chi connectivity index (χ2v) is 5.04. The van der Waals surface area contributed by atoms with Gasteiger partial charge in [-0.3, -0.25) is 0 Å². The van der Waals surface area contributed by atoms with Gasteiger partial charge in [-0.1, -0.05) is 6.92 Å². The number of benzene rings is 1. The van der Waals surface area contributed by atoms with Gasteiger partial charge in [0.2, 0.25) is 0 Å². The Hall–Kier alpha value is -1.26. The molecule has 1 atom stereocenters. The molecule has 0 saturated carbocycles. The molecular weight excluding hydrogens is 252 g/mol. The van der Waals surface area contributed by atoms with Crippen LogP contribution in [0.3, 0.4) is 0 Å². The van der Waals surface area contributed by atoms with E-state index in [1.165, 1.54) is 5.56 Å². The first-order valence-electron chi connectivity index (χ1n) is 7.45. The molecule has 1 rings (SSSR count). The molecule has 0 bridgehead atoms. The zero-order valence-electron chi connectivity index (χ0n) is 12.9. The van der Waals surface area contributed by atoms with Crippen molar-refractivity contribution in [2.45, 2.75) is 33.1 Å². The van der Waals surface area contributed by atoms with Crippen molar-refractivity contribution in [3.8, 4) is 11.5 Å². The molecule has 1 aromatic carbocycles. The van der Waals surface area contributed by atoms with Gasteiger partial charge in [-0.15, -0.1) is 0 Å². The van der Waals surface area contributed by atoms with Gasteiger partial charge in [-0.25, -0.2) is 0 Å². The first kappa shape index (κ1) is 16.8. The molecule has 0 aliphatic carbocycles. The van der Waals surface area contributed by atoms with Crippen molar-refractivity contribution in [3.05, 3.63) is 23.8 Å². The van der Waals surface area contributed by atoms with Crippen LogP contribution in [0.25, 0.3) is 0 Å². The number of hydrogen-bond acceptors (Lipinski definition) is 4. The number of nitrogens with two attached hydrogens (primary N) is 2. The number of ether oxygens (including phenoxy) is 2. The maximum absolute atomic E-state index is 5.75. The second-order valence-electron chi connectivity index (χ2n) is 5.04. The van der Waals surface area contributed by atoms with E-state index in [1.807, 2.05) is 26.0 Å². The van der Waals surface area contributed by atoms with Crippen molar-refractivity contribution in [1.29, 1.82) is 0 Å². The van der Waals surface area contributed by atoms with Crippen LogP contribution in [0.2, 0.25) is 0 Å². The van der Waals surface area contributed by atoms with Crippen molar-refractivity contribution >= 4 is 0 Å². The summed E-state index contributed by atoms with van der Waals surface area (Å²) in [6, 6.07) is 6.01. The highest BCUT2D eigenvalue weighted by Crippen LogP contribution is 2.34. The fourth-order valence-corrected chi connectivity index (χ4v) is 2.37. The number of rotatable bonds is 9. The highest BCUT2D eigenvalue weighted by molar-refractivity contribution is 5.42. The normalized spacial score (nSPS) is 12.5. The fourth-order valence-electron chi connectivity index (χ4n) is 2.37. The van der Waals surface area contributed by atoms with Gasteiger partial charge in [0.1, 0.15) is 11.5 Å². The fraction of sp³-hybridized carbons (Fsp3) is 0.625. The molecule has 4 N–H and O–H groups in total. The molecule has 0 spiro atoms. The summed E-state index contributed by atoms with van der Waals surface area (Å²) in [6.45, 7) is 8.73. The van der Waals surface area contributed by atoms with Gasteiger partial charge in [0.05, 0.1) is 13.2 Å². The molecule has 0 saturated heterocycles. The second kappa shape index (κ2) is 8.82. The molecule has 0 aromatic heterocycles. The van der Waals surface area contributed by atoms with E-state index in [2.05, 4.69) is 13.0 Å². The molecule has 0 radical (unpaired) electrons. The van der Waals surface area contributed by atoms with Gasteiger partial charge in [-0.2, -0.15) is 0 Å². The highest BCUT2D eigenvalue weighted by atomic mass is 16.5. The van der Waals surface area contributed by atoms with Crippen LogP contribution in [0.4, 0.5) is 0 Å². The Bertz CT molecular complexity index is 392. The SMILES string of the molecule is CCOc1ccc(OCC)c(C(C)CC(CN)CN)c1. The van der Waals surface area contributed by atoms with E-state index in [1.54, 1.807) is 0 Å². The monoisotopic (exact) mass is 280 g/mol. The smallest absolute Gasteiger partial charge is 0.123 e. The average molecular weight is 280 g/mol. The Morgan fingerprint density at radius 2 is 1.70 bits per heavy atom. The van der Waals surface area contributed by atoms with Crippen LogP contribution in [-0.4, -0.2) is 26.3 Å². The van der Waals surface area contributed by atoms with E-state index < -0.39 is 0 Å². The van der Waals surface area contributed by atoms with Crippen LogP contribution < -0.4 is 20.9 Å². The molecule has 4 nitrogen and oxygen atoms in total. The van der Waals surface area contributed by atoms with Crippen LogP contribution in [0.15, 0.2) is 18.2 Å². The topological polar surface area (TPSA) is 70.5 Å². The van der Waals surface area contributed by atoms with Gasteiger partial charge >= 0.3 is 0 Å². The molecule has 0 amide bonds. The molecular formula is C16H28N2O2. The third kappa shape index (κ3) is 4.69. The van der Waals surface area contributed by atoms with Crippen molar-refractivity contribution in [3.63, 3.8) is 0 Å². The minimum absolute atomic E-state index is 0.342. The summed E-state index contributed by atoms with van der Waals surface area (Å²) in [5.74, 6) is 2.50. The predicted octanol–water partition coefficient (Wildman–Crippen LogP) is 2.51. The Balaban J connectivity index is 2.94. The van der Waals surface area contributed by atoms with Crippen molar-refractivity contribution in [2.24, 2.45) is 17.4 Å². The molecule has 0 aliphatic rings. The largest absolute Gasteiger partial charge is 0.494 e. The van der Waals surface area contributed by atoms with Crippen molar-refractivity contribution in [1.82, 2.24) is 0 Å². The van der Waals surface area contributed by atoms with Crippen LogP contribution in [0.5, 0.6) is 11.5 Å². The first-order valence-corrected chi connectivity index (χ1v) is 7.45. The number of hydrogen-bond donors (Lipinski definition) is 2. The van der Waals surface area contributed by atoms with Gasteiger partial charge in [0, 0.05) is 5.56 Å². The first-order chi connectivity index (χ1) is 9.65. The van der Waals surface area contributed by atoms with E-state index in [0.29, 0.717) is 38.1 Å². The third-order valence-corrected chi connectivity index (χ3v) is 3.48. The van der Waals surface area contributed by atoms with Crippen molar-refractivity contribution in [2.75, 3.05) is 26.3 Å². The zero-order chi connectivity index (χ0) is 15.0. The average Bonchev–Trinajstić information content (AvgIpc) is 2.46. The van der Waals surface area contributed by atoms with Gasteiger partial charge in [-0.05, 0) is 63.4 Å². The van der Waals surface area contributed by atoms with E-state index in [4.69, 9.17) is 20.9 Å². The van der Waals surface area contributed by atoms with Crippen molar-refractivity contribution < 1.29 is 9.47 Å². The molecule has 0 heterocycles. The molecule has 4 heteroatoms. The molecule has 1 aromatic rings. The molecule has 0 aliphatic heterocycles. The van der Waals surface area contributed by atoms with Crippen LogP contribution in [0.1, 0.15) is 38.7 Å². The van der Waals surface area contributed by atoms with Gasteiger partial charge < -0.3 is 20.9 Å². The van der Waals surface area contributed by atoms with E-state index in [-0.39, 0.29) is 0 Å². The summed E-state index contributed by atoms with van der Waals surface area (Å²) < 4.78 is 11.3. The lowest BCUT2D eigenvalue weighted by molar-refractivity contribution is 0.323. The van der Waals surface area contributed by atoms with Crippen LogP contribution in [0, 0.1) is 5.92 Å². The summed E-state index contributed by atoms with van der Waals surface area (Å²) in [4.78, 5) is 0. The quantitative estimate of drug-likeness (QED) is 0.729. The predicted molar refractivity (Wildman–Crippen MR) is 83.4 cm³/mol. The summed E-state index contributed by atoms with van der Waals surface area (Å²) >= 11 is 0. The Labute approximate surface area is 122 Å². The maximum Gasteiger partial charge on any atom is 0.123 e. The molecule has 1 unspecified atom stereocenters. The third-order valence-electron chi connectivity index (χ3n) is 3.48. The lowest BCUT2D eigenvalue weighted by atomic mass is 9.89. The van der Waals surface area contributed by atoms with E-state index in [0.717, 1.165) is 17.9 Å². The Morgan fingerprint density at radius 3 is 2.25 bits per heavy atom. The minimum atomic E-state index is 0.342. The van der Waals surface area contributed by atoms with E-state index >= 15 is 0 Å². The molecule has 0 fully saturated rings. The standard InChI is InChI=1S/C16H28N2O2/c1-4-19-14-6-7-16(20-5-2)15(9-14)12(3)8-13(10-17)11-18/h6-7,9,12-13H,4-5,8,10-11,17-18H2,1-3H3.